The number of hydrogen-bond donors (Lipinski definition) is 1. The molecule has 0 atom stereocenters. The van der Waals surface area contributed by atoms with Gasteiger partial charge in [0.2, 0.25) is 0 Å². The van der Waals surface area contributed by atoms with Crippen molar-refractivity contribution in [1.29, 1.82) is 0 Å². The van der Waals surface area contributed by atoms with E-state index in [-0.39, 0.29) is 5.82 Å². The summed E-state index contributed by atoms with van der Waals surface area (Å²) in [6.45, 7) is 3.00. The van der Waals surface area contributed by atoms with Crippen LogP contribution in [-0.2, 0) is 6.54 Å². The van der Waals surface area contributed by atoms with Crippen molar-refractivity contribution in [2.45, 2.75) is 25.4 Å². The van der Waals surface area contributed by atoms with Crippen molar-refractivity contribution in [1.82, 2.24) is 15.1 Å². The average molecular weight is 493 g/mol. The van der Waals surface area contributed by atoms with E-state index in [2.05, 4.69) is 62.9 Å². The first kappa shape index (κ1) is 23.4. The molecule has 0 unspecified atom stereocenters. The third kappa shape index (κ3) is 4.98. The van der Waals surface area contributed by atoms with Gasteiger partial charge in [0.05, 0.1) is 7.11 Å². The van der Waals surface area contributed by atoms with E-state index < -0.39 is 0 Å². The van der Waals surface area contributed by atoms with Crippen molar-refractivity contribution in [2.75, 3.05) is 25.5 Å². The number of nitrogens with one attached hydrogen (secondary N) is 1. The molecule has 5 aromatic rings. The van der Waals surface area contributed by atoms with Gasteiger partial charge in [0, 0.05) is 42.0 Å². The highest BCUT2D eigenvalue weighted by atomic mass is 19.1. The van der Waals surface area contributed by atoms with Crippen LogP contribution >= 0.6 is 0 Å². The number of rotatable bonds is 6. The second kappa shape index (κ2) is 10.1. The number of ether oxygens (including phenoxy) is 1. The summed E-state index contributed by atoms with van der Waals surface area (Å²) < 4.78 is 19.0. The number of fused-ring (bicyclic) bond motifs is 2. The van der Waals surface area contributed by atoms with Crippen LogP contribution in [-0.4, -0.2) is 41.3 Å². The number of anilines is 1. The lowest BCUT2D eigenvalue weighted by molar-refractivity contribution is 0.211. The van der Waals surface area contributed by atoms with Gasteiger partial charge in [0.1, 0.15) is 17.3 Å². The van der Waals surface area contributed by atoms with Crippen LogP contribution in [0.2, 0.25) is 0 Å². The summed E-state index contributed by atoms with van der Waals surface area (Å²) in [6.07, 6.45) is 2.06. The fourth-order valence-corrected chi connectivity index (χ4v) is 5.21. The van der Waals surface area contributed by atoms with Crippen LogP contribution in [0.3, 0.4) is 0 Å². The summed E-state index contributed by atoms with van der Waals surface area (Å²) >= 11 is 0. The molecule has 1 fully saturated rings. The van der Waals surface area contributed by atoms with Gasteiger partial charge >= 0.3 is 0 Å². The smallest absolute Gasteiger partial charge is 0.156 e. The number of hydrogen-bond acceptors (Lipinski definition) is 5. The molecule has 0 bridgehead atoms. The van der Waals surface area contributed by atoms with Gasteiger partial charge in [-0.25, -0.2) is 4.39 Å². The quantitative estimate of drug-likeness (QED) is 0.287. The SMILES string of the molecule is COc1ccc2c(-c3ccc(F)cc3)nnc(NC3CCN(Cc4ccc5ccccc5c4)CC3)c2c1. The average Bonchev–Trinajstić information content (AvgIpc) is 2.94. The molecule has 6 rings (SSSR count). The minimum Gasteiger partial charge on any atom is -0.497 e. The fraction of sp³-hybridized carbons (Fsp3) is 0.226. The zero-order chi connectivity index (χ0) is 25.2. The van der Waals surface area contributed by atoms with Crippen LogP contribution in [0.1, 0.15) is 18.4 Å². The van der Waals surface area contributed by atoms with E-state index in [9.17, 15) is 4.39 Å². The Labute approximate surface area is 215 Å². The minimum atomic E-state index is -0.270. The highest BCUT2D eigenvalue weighted by Crippen LogP contribution is 2.33. The van der Waals surface area contributed by atoms with E-state index in [0.717, 1.165) is 66.1 Å². The molecule has 2 heterocycles. The van der Waals surface area contributed by atoms with Crippen molar-refractivity contribution in [3.63, 3.8) is 0 Å². The van der Waals surface area contributed by atoms with Crippen LogP contribution in [0.15, 0.2) is 84.9 Å². The van der Waals surface area contributed by atoms with Crippen molar-refractivity contribution in [3.05, 3.63) is 96.3 Å². The summed E-state index contributed by atoms with van der Waals surface area (Å²) in [6, 6.07) is 27.9. The van der Waals surface area contributed by atoms with E-state index >= 15 is 0 Å². The molecule has 186 valence electrons. The van der Waals surface area contributed by atoms with E-state index in [1.54, 1.807) is 19.2 Å². The minimum absolute atomic E-state index is 0.270. The Kier molecular flexibility index (Phi) is 6.41. The van der Waals surface area contributed by atoms with Crippen LogP contribution in [0.4, 0.5) is 10.2 Å². The standard InChI is InChI=1S/C31H29FN4O/c1-37-27-12-13-28-29(19-27)31(35-34-30(28)23-8-10-25(32)11-9-23)33-26-14-16-36(17-15-26)20-21-6-7-22-4-2-3-5-24(22)18-21/h2-13,18-19,26H,14-17,20H2,1H3,(H,33,35). The molecule has 37 heavy (non-hydrogen) atoms. The Balaban J connectivity index is 1.18. The van der Waals surface area contributed by atoms with Gasteiger partial charge in [-0.3, -0.25) is 4.90 Å². The van der Waals surface area contributed by atoms with Crippen molar-refractivity contribution >= 4 is 27.4 Å². The summed E-state index contributed by atoms with van der Waals surface area (Å²) in [5.74, 6) is 1.25. The third-order valence-corrected chi connectivity index (χ3v) is 7.25. The Bertz CT molecular complexity index is 1550. The largest absolute Gasteiger partial charge is 0.497 e. The topological polar surface area (TPSA) is 50.3 Å². The predicted octanol–water partition coefficient (Wildman–Crippen LogP) is 6.67. The molecule has 4 aromatic carbocycles. The molecule has 0 radical (unpaired) electrons. The van der Waals surface area contributed by atoms with Crippen molar-refractivity contribution < 1.29 is 9.13 Å². The summed E-state index contributed by atoms with van der Waals surface area (Å²) in [7, 11) is 1.66. The van der Waals surface area contributed by atoms with E-state index in [0.29, 0.717) is 6.04 Å². The molecule has 0 amide bonds. The molecule has 1 aromatic heterocycles. The second-order valence-electron chi connectivity index (χ2n) is 9.69. The first-order valence-electron chi connectivity index (χ1n) is 12.7. The maximum atomic E-state index is 13.5. The third-order valence-electron chi connectivity index (χ3n) is 7.25. The van der Waals surface area contributed by atoms with E-state index in [1.165, 1.54) is 28.5 Å². The summed E-state index contributed by atoms with van der Waals surface area (Å²) in [4.78, 5) is 2.52. The molecule has 0 saturated carbocycles. The van der Waals surface area contributed by atoms with Crippen LogP contribution in [0.5, 0.6) is 5.75 Å². The Morgan fingerprint density at radius 2 is 1.65 bits per heavy atom. The maximum Gasteiger partial charge on any atom is 0.156 e. The van der Waals surface area contributed by atoms with Crippen molar-refractivity contribution in [2.24, 2.45) is 0 Å². The molecular weight excluding hydrogens is 463 g/mol. The van der Waals surface area contributed by atoms with E-state index in [1.807, 2.05) is 18.2 Å². The molecule has 0 spiro atoms. The summed E-state index contributed by atoms with van der Waals surface area (Å²) in [5, 5.41) is 17.2. The zero-order valence-corrected chi connectivity index (χ0v) is 20.8. The molecule has 5 nitrogen and oxygen atoms in total. The zero-order valence-electron chi connectivity index (χ0n) is 20.8. The number of aromatic nitrogens is 2. The highest BCUT2D eigenvalue weighted by Gasteiger charge is 2.21. The van der Waals surface area contributed by atoms with Gasteiger partial charge in [-0.2, -0.15) is 0 Å². The molecule has 1 aliphatic heterocycles. The number of benzene rings is 4. The molecule has 1 saturated heterocycles. The van der Waals surface area contributed by atoms with Crippen molar-refractivity contribution in [3.8, 4) is 17.0 Å². The predicted molar refractivity (Wildman–Crippen MR) is 147 cm³/mol. The number of halogens is 1. The van der Waals surface area contributed by atoms with Gasteiger partial charge in [-0.1, -0.05) is 36.4 Å². The van der Waals surface area contributed by atoms with Gasteiger partial charge in [0.25, 0.3) is 0 Å². The Morgan fingerprint density at radius 1 is 0.865 bits per heavy atom. The maximum absolute atomic E-state index is 13.5. The first-order valence-corrected chi connectivity index (χ1v) is 12.7. The van der Waals surface area contributed by atoms with Gasteiger partial charge in [0.15, 0.2) is 5.82 Å². The van der Waals surface area contributed by atoms with Gasteiger partial charge in [-0.05, 0) is 77.7 Å². The Morgan fingerprint density at radius 3 is 2.43 bits per heavy atom. The Hall–Kier alpha value is -4.03. The monoisotopic (exact) mass is 492 g/mol. The first-order chi connectivity index (χ1) is 18.2. The van der Waals surface area contributed by atoms with Crippen LogP contribution in [0.25, 0.3) is 32.8 Å². The van der Waals surface area contributed by atoms with Crippen LogP contribution < -0.4 is 10.1 Å². The van der Waals surface area contributed by atoms with Gasteiger partial charge < -0.3 is 10.1 Å². The highest BCUT2D eigenvalue weighted by molar-refractivity contribution is 6.00. The lowest BCUT2D eigenvalue weighted by atomic mass is 10.0. The van der Waals surface area contributed by atoms with Gasteiger partial charge in [-0.15, -0.1) is 10.2 Å². The number of piperidine rings is 1. The number of nitrogens with zero attached hydrogens (tertiary/aromatic N) is 3. The van der Waals surface area contributed by atoms with Crippen LogP contribution in [0, 0.1) is 5.82 Å². The molecular formula is C31H29FN4O. The summed E-state index contributed by atoms with van der Waals surface area (Å²) in [5.41, 5.74) is 2.91. The normalized spacial score (nSPS) is 14.8. The van der Waals surface area contributed by atoms with E-state index in [4.69, 9.17) is 4.74 Å². The molecule has 0 aliphatic carbocycles. The number of likely N-dealkylation sites (tertiary alicyclic amines) is 1. The lowest BCUT2D eigenvalue weighted by Crippen LogP contribution is -2.38. The molecule has 1 N–H and O–H groups in total. The lowest BCUT2D eigenvalue weighted by Gasteiger charge is -2.32. The molecule has 1 aliphatic rings. The number of methoxy groups -OCH3 is 1. The molecule has 6 heteroatoms. The second-order valence-corrected chi connectivity index (χ2v) is 9.69. The fourth-order valence-electron chi connectivity index (χ4n) is 5.21.